The number of rotatable bonds is 8. The van der Waals surface area contributed by atoms with Gasteiger partial charge < -0.3 is 15.4 Å². The fraction of sp³-hybridized carbons (Fsp3) is 0.261. The Labute approximate surface area is 171 Å². The van der Waals surface area contributed by atoms with Gasteiger partial charge in [0, 0.05) is 18.3 Å². The van der Waals surface area contributed by atoms with Gasteiger partial charge in [0.25, 0.3) is 5.91 Å². The minimum Gasteiger partial charge on any atom is -0.496 e. The molecule has 0 bridgehead atoms. The van der Waals surface area contributed by atoms with Crippen LogP contribution in [-0.4, -0.2) is 29.5 Å². The first-order valence-corrected chi connectivity index (χ1v) is 9.70. The lowest BCUT2D eigenvalue weighted by Gasteiger charge is -2.11. The number of nitrogens with zero attached hydrogens (tertiary/aromatic N) is 2. The second-order valence-corrected chi connectivity index (χ2v) is 6.68. The number of aryl methyl sites for hydroxylation is 2. The van der Waals surface area contributed by atoms with Gasteiger partial charge in [-0.2, -0.15) is 0 Å². The molecule has 2 aromatic carbocycles. The summed E-state index contributed by atoms with van der Waals surface area (Å²) in [5, 5.41) is 6.16. The number of ether oxygens (including phenoxy) is 1. The van der Waals surface area contributed by atoms with Crippen LogP contribution < -0.4 is 15.4 Å². The lowest BCUT2D eigenvalue weighted by Crippen LogP contribution is -2.27. The molecule has 0 aliphatic carbocycles. The monoisotopic (exact) mass is 390 g/mol. The predicted molar refractivity (Wildman–Crippen MR) is 115 cm³/mol. The molecule has 29 heavy (non-hydrogen) atoms. The van der Waals surface area contributed by atoms with Crippen LogP contribution in [0, 0.1) is 6.92 Å². The maximum atomic E-state index is 12.6. The number of benzene rings is 2. The van der Waals surface area contributed by atoms with Crippen molar-refractivity contribution in [3.8, 4) is 5.75 Å². The van der Waals surface area contributed by atoms with Crippen LogP contribution in [0.2, 0.25) is 0 Å². The molecule has 0 radical (unpaired) electrons. The summed E-state index contributed by atoms with van der Waals surface area (Å²) < 4.78 is 5.35. The molecule has 3 aromatic rings. The molecule has 0 saturated heterocycles. The molecule has 0 atom stereocenters. The highest BCUT2D eigenvalue weighted by molar-refractivity contribution is 5.93. The van der Waals surface area contributed by atoms with Crippen molar-refractivity contribution in [2.45, 2.75) is 26.7 Å². The molecule has 2 N–H and O–H groups in total. The summed E-state index contributed by atoms with van der Waals surface area (Å²) in [4.78, 5) is 21.2. The standard InChI is InChI=1S/C23H26N4O2/c1-4-17-9-11-19(12-10-17)27-22-15-20(25-16(2)26-22)23(28)24-14-13-18-7-5-6-8-21(18)29-3/h5-12,15H,4,13-14H2,1-3H3,(H,24,28)(H,25,26,27). The van der Waals surface area contributed by atoms with E-state index in [1.54, 1.807) is 20.1 Å². The molecular weight excluding hydrogens is 364 g/mol. The van der Waals surface area contributed by atoms with E-state index >= 15 is 0 Å². The Bertz CT molecular complexity index is 971. The number of hydrogen-bond acceptors (Lipinski definition) is 5. The molecule has 1 heterocycles. The van der Waals surface area contributed by atoms with Gasteiger partial charge in [-0.3, -0.25) is 4.79 Å². The zero-order valence-electron chi connectivity index (χ0n) is 17.0. The Morgan fingerprint density at radius 2 is 1.83 bits per heavy atom. The molecule has 1 amide bonds. The maximum absolute atomic E-state index is 12.6. The number of aromatic nitrogens is 2. The second-order valence-electron chi connectivity index (χ2n) is 6.68. The molecule has 0 fully saturated rings. The molecule has 150 valence electrons. The Hall–Kier alpha value is -3.41. The highest BCUT2D eigenvalue weighted by Crippen LogP contribution is 2.18. The van der Waals surface area contributed by atoms with Crippen LogP contribution >= 0.6 is 0 Å². The number of carbonyl (C=O) groups is 1. The van der Waals surface area contributed by atoms with E-state index in [9.17, 15) is 4.79 Å². The third-order valence-electron chi connectivity index (χ3n) is 4.58. The van der Waals surface area contributed by atoms with Crippen LogP contribution in [0.5, 0.6) is 5.75 Å². The minimum absolute atomic E-state index is 0.227. The van der Waals surface area contributed by atoms with Crippen LogP contribution in [0.4, 0.5) is 11.5 Å². The second kappa shape index (κ2) is 9.68. The first kappa shape index (κ1) is 20.3. The molecular formula is C23H26N4O2. The molecule has 0 unspecified atom stereocenters. The largest absolute Gasteiger partial charge is 0.496 e. The molecule has 0 aliphatic rings. The van der Waals surface area contributed by atoms with Gasteiger partial charge in [-0.05, 0) is 49.1 Å². The average Bonchev–Trinajstić information content (AvgIpc) is 2.74. The van der Waals surface area contributed by atoms with E-state index in [0.717, 1.165) is 23.4 Å². The van der Waals surface area contributed by atoms with E-state index in [4.69, 9.17) is 4.74 Å². The van der Waals surface area contributed by atoms with Gasteiger partial charge in [-0.1, -0.05) is 37.3 Å². The number of para-hydroxylation sites is 1. The van der Waals surface area contributed by atoms with Gasteiger partial charge in [-0.25, -0.2) is 9.97 Å². The Morgan fingerprint density at radius 1 is 1.07 bits per heavy atom. The first-order chi connectivity index (χ1) is 14.1. The van der Waals surface area contributed by atoms with E-state index in [-0.39, 0.29) is 5.91 Å². The lowest BCUT2D eigenvalue weighted by molar-refractivity contribution is 0.0948. The normalized spacial score (nSPS) is 10.4. The predicted octanol–water partition coefficient (Wildman–Crippen LogP) is 4.07. The SMILES string of the molecule is CCc1ccc(Nc2cc(C(=O)NCCc3ccccc3OC)nc(C)n2)cc1. The quantitative estimate of drug-likeness (QED) is 0.606. The van der Waals surface area contributed by atoms with Gasteiger partial charge in [0.15, 0.2) is 0 Å². The van der Waals surface area contributed by atoms with Crippen molar-refractivity contribution in [2.24, 2.45) is 0 Å². The van der Waals surface area contributed by atoms with Crippen LogP contribution in [-0.2, 0) is 12.8 Å². The van der Waals surface area contributed by atoms with E-state index < -0.39 is 0 Å². The van der Waals surface area contributed by atoms with Crippen LogP contribution in [0.15, 0.2) is 54.6 Å². The topological polar surface area (TPSA) is 76.1 Å². The molecule has 1 aromatic heterocycles. The Kier molecular flexibility index (Phi) is 6.79. The zero-order chi connectivity index (χ0) is 20.6. The van der Waals surface area contributed by atoms with Crippen molar-refractivity contribution in [3.63, 3.8) is 0 Å². The van der Waals surface area contributed by atoms with Gasteiger partial charge in [0.2, 0.25) is 0 Å². The van der Waals surface area contributed by atoms with Gasteiger partial charge in [0.1, 0.15) is 23.1 Å². The summed E-state index contributed by atoms with van der Waals surface area (Å²) in [6.07, 6.45) is 1.67. The molecule has 3 rings (SSSR count). The van der Waals surface area contributed by atoms with E-state index in [2.05, 4.69) is 39.7 Å². The van der Waals surface area contributed by atoms with Crippen molar-refractivity contribution in [1.82, 2.24) is 15.3 Å². The van der Waals surface area contributed by atoms with Crippen molar-refractivity contribution < 1.29 is 9.53 Å². The number of carbonyl (C=O) groups excluding carboxylic acids is 1. The number of nitrogens with one attached hydrogen (secondary N) is 2. The number of hydrogen-bond donors (Lipinski definition) is 2. The highest BCUT2D eigenvalue weighted by atomic mass is 16.5. The lowest BCUT2D eigenvalue weighted by atomic mass is 10.1. The van der Waals surface area contributed by atoms with Crippen molar-refractivity contribution in [1.29, 1.82) is 0 Å². The van der Waals surface area contributed by atoms with Crippen LogP contribution in [0.1, 0.15) is 34.4 Å². The third kappa shape index (κ3) is 5.54. The van der Waals surface area contributed by atoms with Gasteiger partial charge >= 0.3 is 0 Å². The molecule has 6 nitrogen and oxygen atoms in total. The molecule has 0 aliphatic heterocycles. The summed E-state index contributed by atoms with van der Waals surface area (Å²) in [5.41, 5.74) is 3.57. The van der Waals surface area contributed by atoms with Crippen LogP contribution in [0.25, 0.3) is 0 Å². The molecule has 0 saturated carbocycles. The summed E-state index contributed by atoms with van der Waals surface area (Å²) >= 11 is 0. The maximum Gasteiger partial charge on any atom is 0.270 e. The Balaban J connectivity index is 1.64. The fourth-order valence-electron chi connectivity index (χ4n) is 3.03. The van der Waals surface area contributed by atoms with E-state index in [1.165, 1.54) is 5.56 Å². The smallest absolute Gasteiger partial charge is 0.270 e. The summed E-state index contributed by atoms with van der Waals surface area (Å²) in [5.74, 6) is 1.72. The van der Waals surface area contributed by atoms with Gasteiger partial charge in [0.05, 0.1) is 7.11 Å². The average molecular weight is 390 g/mol. The van der Waals surface area contributed by atoms with E-state index in [1.807, 2.05) is 36.4 Å². The van der Waals surface area contributed by atoms with E-state index in [0.29, 0.717) is 30.3 Å². The highest BCUT2D eigenvalue weighted by Gasteiger charge is 2.11. The summed E-state index contributed by atoms with van der Waals surface area (Å²) in [7, 11) is 1.64. The fourth-order valence-corrected chi connectivity index (χ4v) is 3.03. The summed E-state index contributed by atoms with van der Waals surface area (Å²) in [6, 6.07) is 17.6. The third-order valence-corrected chi connectivity index (χ3v) is 4.58. The first-order valence-electron chi connectivity index (χ1n) is 9.70. The Morgan fingerprint density at radius 3 is 2.55 bits per heavy atom. The minimum atomic E-state index is -0.227. The molecule has 0 spiro atoms. The number of methoxy groups -OCH3 is 1. The molecule has 6 heteroatoms. The van der Waals surface area contributed by atoms with Gasteiger partial charge in [-0.15, -0.1) is 0 Å². The van der Waals surface area contributed by atoms with Crippen LogP contribution in [0.3, 0.4) is 0 Å². The van der Waals surface area contributed by atoms with Crippen molar-refractivity contribution >= 4 is 17.4 Å². The zero-order valence-corrected chi connectivity index (χ0v) is 17.0. The summed E-state index contributed by atoms with van der Waals surface area (Å²) in [6.45, 7) is 4.38. The van der Waals surface area contributed by atoms with Crippen molar-refractivity contribution in [2.75, 3.05) is 19.0 Å². The number of amides is 1. The van der Waals surface area contributed by atoms with Crippen molar-refractivity contribution in [3.05, 3.63) is 77.2 Å². The number of anilines is 2.